The van der Waals surface area contributed by atoms with Gasteiger partial charge in [0.05, 0.1) is 17.2 Å². The van der Waals surface area contributed by atoms with Gasteiger partial charge in [-0.05, 0) is 24.4 Å². The summed E-state index contributed by atoms with van der Waals surface area (Å²) >= 11 is 1.36. The summed E-state index contributed by atoms with van der Waals surface area (Å²) in [6.07, 6.45) is 1.55. The van der Waals surface area contributed by atoms with Gasteiger partial charge in [-0.3, -0.25) is 4.79 Å². The number of H-pyrrole nitrogens is 1. The third kappa shape index (κ3) is 2.78. The minimum atomic E-state index is -0.436. The lowest BCUT2D eigenvalue weighted by molar-refractivity contribution is 0.0520. The molecule has 0 bridgehead atoms. The molecule has 94 valence electrons. The maximum atomic E-state index is 11.7. The van der Waals surface area contributed by atoms with Gasteiger partial charge in [0, 0.05) is 6.20 Å². The fourth-order valence-corrected chi connectivity index (χ4v) is 2.01. The third-order valence-electron chi connectivity index (χ3n) is 2.18. The van der Waals surface area contributed by atoms with Crippen molar-refractivity contribution in [3.05, 3.63) is 40.3 Å². The normalized spacial score (nSPS) is 10.1. The highest BCUT2D eigenvalue weighted by molar-refractivity contribution is 7.12. The number of aromatic amines is 1. The van der Waals surface area contributed by atoms with Crippen LogP contribution in [0.2, 0.25) is 0 Å². The van der Waals surface area contributed by atoms with Gasteiger partial charge < -0.3 is 15.0 Å². The van der Waals surface area contributed by atoms with Gasteiger partial charge >= 0.3 is 5.97 Å². The molecule has 0 aliphatic rings. The van der Waals surface area contributed by atoms with E-state index in [4.69, 9.17) is 4.74 Å². The first-order valence-electron chi connectivity index (χ1n) is 5.41. The number of anilines is 1. The van der Waals surface area contributed by atoms with E-state index in [1.807, 2.05) is 5.38 Å². The van der Waals surface area contributed by atoms with Gasteiger partial charge in [0.1, 0.15) is 5.69 Å². The average molecular weight is 264 g/mol. The van der Waals surface area contributed by atoms with Crippen molar-refractivity contribution in [3.8, 4) is 0 Å². The van der Waals surface area contributed by atoms with Gasteiger partial charge in [0.2, 0.25) is 0 Å². The number of ether oxygens (including phenoxy) is 1. The van der Waals surface area contributed by atoms with Crippen LogP contribution in [0.1, 0.15) is 27.1 Å². The Hall–Kier alpha value is -2.08. The molecule has 1 amide bonds. The van der Waals surface area contributed by atoms with E-state index in [0.717, 1.165) is 0 Å². The Morgan fingerprint density at radius 1 is 1.50 bits per heavy atom. The Morgan fingerprint density at radius 2 is 2.33 bits per heavy atom. The zero-order valence-corrected chi connectivity index (χ0v) is 10.5. The summed E-state index contributed by atoms with van der Waals surface area (Å²) in [7, 11) is 0. The predicted molar refractivity (Wildman–Crippen MR) is 69.0 cm³/mol. The van der Waals surface area contributed by atoms with Gasteiger partial charge in [0.25, 0.3) is 5.91 Å². The number of aromatic nitrogens is 1. The smallest absolute Gasteiger partial charge is 0.354 e. The van der Waals surface area contributed by atoms with Crippen LogP contribution in [0.25, 0.3) is 0 Å². The summed E-state index contributed by atoms with van der Waals surface area (Å²) < 4.78 is 4.84. The first-order valence-corrected chi connectivity index (χ1v) is 6.29. The maximum absolute atomic E-state index is 11.7. The Bertz CT molecular complexity index is 545. The van der Waals surface area contributed by atoms with Gasteiger partial charge in [-0.2, -0.15) is 0 Å². The molecule has 0 fully saturated rings. The molecule has 0 aromatic carbocycles. The van der Waals surface area contributed by atoms with Gasteiger partial charge in [0.15, 0.2) is 0 Å². The van der Waals surface area contributed by atoms with Crippen molar-refractivity contribution in [2.75, 3.05) is 11.9 Å². The molecule has 0 unspecified atom stereocenters. The summed E-state index contributed by atoms with van der Waals surface area (Å²) in [4.78, 5) is 26.5. The molecule has 0 saturated carbocycles. The van der Waals surface area contributed by atoms with Gasteiger partial charge in [-0.25, -0.2) is 4.79 Å². The molecular formula is C12H12N2O3S. The van der Waals surface area contributed by atoms with Crippen LogP contribution in [0.5, 0.6) is 0 Å². The van der Waals surface area contributed by atoms with Crippen molar-refractivity contribution in [2.24, 2.45) is 0 Å². The average Bonchev–Trinajstić information content (AvgIpc) is 2.99. The maximum Gasteiger partial charge on any atom is 0.354 e. The second-order valence-electron chi connectivity index (χ2n) is 3.45. The van der Waals surface area contributed by atoms with Crippen molar-refractivity contribution >= 4 is 28.9 Å². The molecule has 0 atom stereocenters. The first kappa shape index (κ1) is 12.4. The quantitative estimate of drug-likeness (QED) is 0.833. The van der Waals surface area contributed by atoms with E-state index < -0.39 is 5.97 Å². The van der Waals surface area contributed by atoms with E-state index in [0.29, 0.717) is 22.9 Å². The van der Waals surface area contributed by atoms with E-state index in [1.54, 1.807) is 31.3 Å². The topological polar surface area (TPSA) is 71.2 Å². The van der Waals surface area contributed by atoms with Crippen molar-refractivity contribution in [2.45, 2.75) is 6.92 Å². The largest absolute Gasteiger partial charge is 0.461 e. The second-order valence-corrected chi connectivity index (χ2v) is 4.40. The fourth-order valence-electron chi connectivity index (χ4n) is 1.39. The van der Waals surface area contributed by atoms with Crippen LogP contribution in [0.4, 0.5) is 5.69 Å². The number of esters is 1. The lowest BCUT2D eigenvalue weighted by Crippen LogP contribution is -2.09. The van der Waals surface area contributed by atoms with Crippen LogP contribution in [-0.2, 0) is 4.74 Å². The third-order valence-corrected chi connectivity index (χ3v) is 3.05. The van der Waals surface area contributed by atoms with E-state index in [-0.39, 0.29) is 5.91 Å². The van der Waals surface area contributed by atoms with Crippen LogP contribution in [0.15, 0.2) is 29.8 Å². The highest BCUT2D eigenvalue weighted by Gasteiger charge is 2.12. The zero-order valence-electron chi connectivity index (χ0n) is 9.73. The van der Waals surface area contributed by atoms with Crippen LogP contribution < -0.4 is 5.32 Å². The minimum absolute atomic E-state index is 0.195. The lowest BCUT2D eigenvalue weighted by Gasteiger charge is -1.99. The summed E-state index contributed by atoms with van der Waals surface area (Å²) in [6, 6.07) is 5.09. The molecule has 6 heteroatoms. The summed E-state index contributed by atoms with van der Waals surface area (Å²) in [5, 5.41) is 4.52. The van der Waals surface area contributed by atoms with Crippen molar-refractivity contribution < 1.29 is 14.3 Å². The number of rotatable bonds is 4. The number of thiophene rings is 1. The van der Waals surface area contributed by atoms with E-state index in [2.05, 4.69) is 10.3 Å². The Morgan fingerprint density at radius 3 is 3.00 bits per heavy atom. The molecule has 2 aromatic heterocycles. The highest BCUT2D eigenvalue weighted by Crippen LogP contribution is 2.14. The van der Waals surface area contributed by atoms with E-state index in [9.17, 15) is 9.59 Å². The molecule has 0 aliphatic carbocycles. The summed E-state index contributed by atoms with van der Waals surface area (Å²) in [5.74, 6) is -0.631. The molecule has 0 radical (unpaired) electrons. The summed E-state index contributed by atoms with van der Waals surface area (Å²) in [6.45, 7) is 2.05. The Balaban J connectivity index is 2.03. The van der Waals surface area contributed by atoms with E-state index in [1.165, 1.54) is 11.3 Å². The standard InChI is InChI=1S/C12H12N2O3S/c1-2-17-12(16)9-6-8(7-13-9)14-11(15)10-4-3-5-18-10/h3-7,13H,2H2,1H3,(H,14,15). The minimum Gasteiger partial charge on any atom is -0.461 e. The molecule has 2 heterocycles. The van der Waals surface area contributed by atoms with Crippen LogP contribution >= 0.6 is 11.3 Å². The lowest BCUT2D eigenvalue weighted by atomic mass is 10.4. The molecule has 2 aromatic rings. The number of amides is 1. The van der Waals surface area contributed by atoms with Crippen LogP contribution in [-0.4, -0.2) is 23.5 Å². The monoisotopic (exact) mass is 264 g/mol. The van der Waals surface area contributed by atoms with Crippen molar-refractivity contribution in [1.29, 1.82) is 0 Å². The van der Waals surface area contributed by atoms with Gasteiger partial charge in [-0.15, -0.1) is 11.3 Å². The van der Waals surface area contributed by atoms with Gasteiger partial charge in [-0.1, -0.05) is 6.07 Å². The first-order chi connectivity index (χ1) is 8.70. The Kier molecular flexibility index (Phi) is 3.78. The fraction of sp³-hybridized carbons (Fsp3) is 0.167. The molecule has 0 aliphatic heterocycles. The summed E-state index contributed by atoms with van der Waals surface area (Å²) in [5.41, 5.74) is 0.856. The SMILES string of the molecule is CCOC(=O)c1cc(NC(=O)c2cccs2)c[nH]1. The number of nitrogens with one attached hydrogen (secondary N) is 2. The molecule has 2 rings (SSSR count). The highest BCUT2D eigenvalue weighted by atomic mass is 32.1. The van der Waals surface area contributed by atoms with Crippen molar-refractivity contribution in [3.63, 3.8) is 0 Å². The molecule has 5 nitrogen and oxygen atoms in total. The van der Waals surface area contributed by atoms with Crippen LogP contribution in [0.3, 0.4) is 0 Å². The number of carbonyl (C=O) groups is 2. The Labute approximate surface area is 108 Å². The molecular weight excluding hydrogens is 252 g/mol. The number of hydrogen-bond acceptors (Lipinski definition) is 4. The predicted octanol–water partition coefficient (Wildman–Crippen LogP) is 2.51. The molecule has 0 saturated heterocycles. The molecule has 0 spiro atoms. The van der Waals surface area contributed by atoms with Crippen molar-refractivity contribution in [1.82, 2.24) is 4.98 Å². The van der Waals surface area contributed by atoms with E-state index >= 15 is 0 Å². The molecule has 18 heavy (non-hydrogen) atoms. The zero-order chi connectivity index (χ0) is 13.0. The van der Waals surface area contributed by atoms with Crippen LogP contribution in [0, 0.1) is 0 Å². The molecule has 2 N–H and O–H groups in total. The second kappa shape index (κ2) is 5.50. The number of carbonyl (C=O) groups excluding carboxylic acids is 2. The number of hydrogen-bond donors (Lipinski definition) is 2.